The second-order valence-corrected chi connectivity index (χ2v) is 26.0. The Morgan fingerprint density at radius 3 is 0.905 bits per heavy atom. The largest absolute Gasteiger partial charge is 0.112 e. The van der Waals surface area contributed by atoms with Crippen molar-refractivity contribution in [2.75, 3.05) is 0 Å². The average Bonchev–Trinajstić information content (AvgIpc) is 3.33. The fourth-order valence-electron chi connectivity index (χ4n) is 15.6. The third kappa shape index (κ3) is 8.57. The molecule has 0 aliphatic carbocycles. The van der Waals surface area contributed by atoms with Gasteiger partial charge in [0.2, 0.25) is 0 Å². The van der Waals surface area contributed by atoms with Crippen LogP contribution in [0.4, 0.5) is 0 Å². The zero-order valence-electron chi connectivity index (χ0n) is 53.0. The lowest BCUT2D eigenvalue weighted by Crippen LogP contribution is -2.74. The molecule has 0 aromatic heterocycles. The lowest BCUT2D eigenvalue weighted by Gasteiger charge is -2.38. The van der Waals surface area contributed by atoms with Crippen LogP contribution in [0.15, 0.2) is 0 Å². The van der Waals surface area contributed by atoms with E-state index in [1.165, 1.54) is 149 Å². The fourth-order valence-corrected chi connectivity index (χ4v) is 15.6. The van der Waals surface area contributed by atoms with Crippen LogP contribution in [0.1, 0.15) is 100 Å². The van der Waals surface area contributed by atoms with Gasteiger partial charge in [0.15, 0.2) is 0 Å². The highest BCUT2D eigenvalue weighted by atomic mass is 14.3. The van der Waals surface area contributed by atoms with Crippen LogP contribution in [-0.2, 0) is 0 Å². The Hall–Kier alpha value is -2.99. The minimum atomic E-state index is 0.351. The molecule has 0 aliphatic heterocycles. The Labute approximate surface area is 467 Å². The van der Waals surface area contributed by atoms with Gasteiger partial charge in [-0.3, -0.25) is 0 Å². The number of rotatable bonds is 12. The predicted octanol–water partition coefficient (Wildman–Crippen LogP) is -3.45. The standard InChI is InChI=1S/C52H80B22/c1-19-20(2)28(10)41-37(24(19)6)25(7)21(3)29(11)42(41)43-30(12)22(4)26(8)38-35(17)46-39(34(16)45(38)43)27(9)23(5)31(13)44(46)47-33(15)32(14)40-36(18)49(70(73(61)62)74(63)64)52(69(66-54)72(59)60)51(68(56)71(57)58)48(40)50(47)67(55)65-53/h65-66H,53-64H2,1-18H3. The summed E-state index contributed by atoms with van der Waals surface area (Å²) in [5.74, 6) is 0. The van der Waals surface area contributed by atoms with E-state index in [9.17, 15) is 0 Å². The number of hydrogen-bond acceptors (Lipinski definition) is 0. The molecular weight excluding hydrogens is 862 g/mol. The normalized spacial score (nSPS) is 11.5. The van der Waals surface area contributed by atoms with E-state index < -0.39 is 0 Å². The van der Waals surface area contributed by atoms with Gasteiger partial charge in [0, 0.05) is 25.5 Å². The Kier molecular flexibility index (Phi) is 16.9. The number of benzene rings is 7. The summed E-state index contributed by atoms with van der Waals surface area (Å²) in [5.41, 5.74) is 38.5. The van der Waals surface area contributed by atoms with Crippen molar-refractivity contribution in [2.45, 2.75) is 125 Å². The van der Waals surface area contributed by atoms with Crippen molar-refractivity contribution in [3.8, 4) is 22.3 Å². The molecule has 0 N–H and O–H groups in total. The molecule has 0 amide bonds. The Morgan fingerprint density at radius 1 is 0.243 bits per heavy atom. The molecule has 0 fully saturated rings. The Bertz CT molecular complexity index is 3510. The monoisotopic (exact) mass is 947 g/mol. The lowest BCUT2D eigenvalue weighted by atomic mass is 8.70. The highest BCUT2D eigenvalue weighted by Gasteiger charge is 2.40. The SMILES string of the molecule is BBB(B(B)B)c1c(B(B(B)B)B(B)B)c(C)c2c(C)c(C)c(-c3c(C)c(C)c(C)c4c(C)c5c(-c6c(C)c(C)c(C)c7c(C)c(C)c(C)c(C)c67)c(C)c(C)c(C)c5c(C)c34)c(B(B)BB)c2c1B(B)B(B)B. The molecule has 0 atom stereocenters. The smallest absolute Gasteiger partial charge is 0.0976 e. The number of aryl methyl sites for hydroxylation is 9. The summed E-state index contributed by atoms with van der Waals surface area (Å²) >= 11 is 0. The van der Waals surface area contributed by atoms with Crippen LogP contribution >= 0.6 is 0 Å². The van der Waals surface area contributed by atoms with E-state index in [1.807, 2.05) is 0 Å². The van der Waals surface area contributed by atoms with E-state index in [4.69, 9.17) is 0 Å². The van der Waals surface area contributed by atoms with Crippen molar-refractivity contribution in [2.24, 2.45) is 0 Å². The van der Waals surface area contributed by atoms with Crippen molar-refractivity contribution >= 4 is 223 Å². The molecule has 0 spiro atoms. The van der Waals surface area contributed by atoms with Gasteiger partial charge in [-0.2, -0.15) is 0 Å². The Morgan fingerprint density at radius 2 is 0.554 bits per heavy atom. The molecule has 354 valence electrons. The van der Waals surface area contributed by atoms with Gasteiger partial charge in [0.1, 0.15) is 0 Å². The van der Waals surface area contributed by atoms with Crippen LogP contribution in [-0.4, -0.2) is 158 Å². The molecule has 0 bridgehead atoms. The molecular formula is C52H80B22. The number of fused-ring (bicyclic) bond motifs is 4. The van der Waals surface area contributed by atoms with E-state index in [-0.39, 0.29) is 0 Å². The van der Waals surface area contributed by atoms with Crippen molar-refractivity contribution < 1.29 is 0 Å². The molecule has 0 heterocycles. The van der Waals surface area contributed by atoms with Gasteiger partial charge in [0.05, 0.1) is 133 Å². The van der Waals surface area contributed by atoms with Crippen LogP contribution in [0.3, 0.4) is 0 Å². The highest BCUT2D eigenvalue weighted by Crippen LogP contribution is 2.52. The first-order chi connectivity index (χ1) is 34.4. The molecule has 7 rings (SSSR count). The van der Waals surface area contributed by atoms with E-state index in [0.717, 1.165) is 14.1 Å². The molecule has 0 saturated carbocycles. The predicted molar refractivity (Wildman–Crippen MR) is 394 cm³/mol. The number of hydrogen-bond donors (Lipinski definition) is 0. The van der Waals surface area contributed by atoms with Crippen LogP contribution in [0.5, 0.6) is 0 Å². The van der Waals surface area contributed by atoms with Crippen LogP contribution in [0.2, 0.25) is 0 Å². The molecule has 7 aromatic carbocycles. The van der Waals surface area contributed by atoms with E-state index in [0.29, 0.717) is 51.5 Å². The van der Waals surface area contributed by atoms with Gasteiger partial charge in [-0.15, -0.1) is 10.9 Å². The van der Waals surface area contributed by atoms with Gasteiger partial charge in [-0.25, -0.2) is 0 Å². The molecule has 0 aliphatic rings. The zero-order valence-corrected chi connectivity index (χ0v) is 53.0. The maximum absolute atomic E-state index is 2.59. The van der Waals surface area contributed by atoms with Crippen LogP contribution < -0.4 is 21.9 Å². The van der Waals surface area contributed by atoms with Gasteiger partial charge in [-0.05, 0) is 285 Å². The van der Waals surface area contributed by atoms with E-state index in [2.05, 4.69) is 217 Å². The molecule has 0 nitrogen and oxygen atoms in total. The average molecular weight is 943 g/mol. The maximum atomic E-state index is 2.59. The summed E-state index contributed by atoms with van der Waals surface area (Å²) in [6.45, 7) is 45.6. The van der Waals surface area contributed by atoms with E-state index >= 15 is 0 Å². The summed E-state index contributed by atoms with van der Waals surface area (Å²) < 4.78 is 0. The van der Waals surface area contributed by atoms with Crippen molar-refractivity contribution in [1.29, 1.82) is 0 Å². The molecule has 74 heavy (non-hydrogen) atoms. The van der Waals surface area contributed by atoms with Gasteiger partial charge >= 0.3 is 0 Å². The summed E-state index contributed by atoms with van der Waals surface area (Å²) in [7, 11) is 32.3. The summed E-state index contributed by atoms with van der Waals surface area (Å²) in [4.78, 5) is 0. The van der Waals surface area contributed by atoms with Crippen molar-refractivity contribution in [1.82, 2.24) is 0 Å². The Balaban J connectivity index is 1.86. The van der Waals surface area contributed by atoms with E-state index in [1.54, 1.807) is 38.2 Å². The van der Waals surface area contributed by atoms with Crippen molar-refractivity contribution in [3.63, 3.8) is 0 Å². The highest BCUT2D eigenvalue weighted by molar-refractivity contribution is 7.85. The molecule has 0 saturated heterocycles. The zero-order chi connectivity index (χ0) is 55.7. The molecule has 0 unspecified atom stereocenters. The van der Waals surface area contributed by atoms with Gasteiger partial charge in [0.25, 0.3) is 0 Å². The first-order valence-corrected chi connectivity index (χ1v) is 29.5. The summed E-state index contributed by atoms with van der Waals surface area (Å²) in [6.07, 6.45) is 2.09. The van der Waals surface area contributed by atoms with Crippen LogP contribution in [0.25, 0.3) is 65.3 Å². The first kappa shape index (κ1) is 58.7. The molecule has 0 radical (unpaired) electrons. The first-order valence-electron chi connectivity index (χ1n) is 29.5. The van der Waals surface area contributed by atoms with Crippen molar-refractivity contribution in [3.05, 3.63) is 100 Å². The second-order valence-electron chi connectivity index (χ2n) is 26.0. The van der Waals surface area contributed by atoms with Crippen LogP contribution in [0, 0.1) is 125 Å². The quantitative estimate of drug-likeness (QED) is 0.0886. The topological polar surface area (TPSA) is 0 Å². The third-order valence-electron chi connectivity index (χ3n) is 21.2. The summed E-state index contributed by atoms with van der Waals surface area (Å²) in [6, 6.07) is 0. The van der Waals surface area contributed by atoms with Gasteiger partial charge < -0.3 is 0 Å². The second kappa shape index (κ2) is 21.3. The lowest BCUT2D eigenvalue weighted by molar-refractivity contribution is 1.22. The fraction of sp³-hybridized carbons (Fsp3) is 0.346. The third-order valence-corrected chi connectivity index (χ3v) is 21.2. The minimum Gasteiger partial charge on any atom is -0.112 e. The summed E-state index contributed by atoms with van der Waals surface area (Å²) in [5, 5.41) is 11.9. The minimum absolute atomic E-state index is 0.351. The van der Waals surface area contributed by atoms with Gasteiger partial charge in [-0.1, -0.05) is 16.5 Å². The molecule has 7 aromatic rings. The molecule has 22 heteroatoms. The maximum Gasteiger partial charge on any atom is 0.0976 e.